The molecule has 0 heterocycles. The van der Waals surface area contributed by atoms with Gasteiger partial charge in [0.15, 0.2) is 0 Å². The molecule has 0 spiro atoms. The molecule has 128 valence electrons. The van der Waals surface area contributed by atoms with Crippen molar-refractivity contribution >= 4 is 23.2 Å². The predicted octanol–water partition coefficient (Wildman–Crippen LogP) is 5.57. The minimum Gasteiger partial charge on any atom is -0.494 e. The number of nitrogens with one attached hydrogen (secondary N) is 1. The van der Waals surface area contributed by atoms with Crippen molar-refractivity contribution < 1.29 is 9.53 Å². The van der Waals surface area contributed by atoms with Gasteiger partial charge in [-0.3, -0.25) is 4.79 Å². The molecule has 2 aromatic carbocycles. The lowest BCUT2D eigenvalue weighted by atomic mass is 9.98. The molecule has 0 aliphatic carbocycles. The number of anilines is 1. The molecule has 0 fully saturated rings. The van der Waals surface area contributed by atoms with Gasteiger partial charge in [-0.1, -0.05) is 43.6 Å². The maximum atomic E-state index is 12.2. The van der Waals surface area contributed by atoms with Gasteiger partial charge in [-0.25, -0.2) is 0 Å². The van der Waals surface area contributed by atoms with Gasteiger partial charge < -0.3 is 10.1 Å². The normalized spacial score (nSPS) is 10.7. The number of hydrogen-bond donors (Lipinski definition) is 1. The number of halogens is 1. The summed E-state index contributed by atoms with van der Waals surface area (Å²) in [6, 6.07) is 13.3. The monoisotopic (exact) mass is 345 g/mol. The molecular weight excluding hydrogens is 322 g/mol. The second-order valence-electron chi connectivity index (χ2n) is 6.15. The van der Waals surface area contributed by atoms with E-state index in [1.54, 1.807) is 12.1 Å². The lowest BCUT2D eigenvalue weighted by Crippen LogP contribution is -2.15. The number of carbonyl (C=O) groups is 1. The van der Waals surface area contributed by atoms with E-state index in [1.807, 2.05) is 31.2 Å². The number of hydrogen-bond acceptors (Lipinski definition) is 2. The van der Waals surface area contributed by atoms with Crippen molar-refractivity contribution in [1.82, 2.24) is 0 Å². The lowest BCUT2D eigenvalue weighted by molar-refractivity contribution is -0.116. The van der Waals surface area contributed by atoms with Gasteiger partial charge in [0.2, 0.25) is 5.91 Å². The largest absolute Gasteiger partial charge is 0.494 e. The van der Waals surface area contributed by atoms with E-state index in [2.05, 4.69) is 25.2 Å². The van der Waals surface area contributed by atoms with Gasteiger partial charge in [0.25, 0.3) is 0 Å². The first kappa shape index (κ1) is 18.3. The van der Waals surface area contributed by atoms with Crippen LogP contribution >= 0.6 is 11.6 Å². The lowest BCUT2D eigenvalue weighted by Gasteiger charge is -2.16. The first-order valence-corrected chi connectivity index (χ1v) is 8.63. The fourth-order valence-electron chi connectivity index (χ4n) is 2.50. The molecule has 3 nitrogen and oxygen atoms in total. The van der Waals surface area contributed by atoms with Gasteiger partial charge in [0, 0.05) is 17.1 Å². The predicted molar refractivity (Wildman–Crippen MR) is 100 cm³/mol. The highest BCUT2D eigenvalue weighted by Crippen LogP contribution is 2.27. The van der Waals surface area contributed by atoms with Gasteiger partial charge in [-0.2, -0.15) is 0 Å². The fraction of sp³-hybridized carbons (Fsp3) is 0.350. The SMILES string of the molecule is Cc1cccc(C(C)C)c1NC(=O)CCCOc1ccc(Cl)cc1. The zero-order valence-corrected chi connectivity index (χ0v) is 15.2. The second kappa shape index (κ2) is 8.74. The highest BCUT2D eigenvalue weighted by Gasteiger charge is 2.11. The van der Waals surface area contributed by atoms with Crippen molar-refractivity contribution in [2.45, 2.75) is 39.5 Å². The summed E-state index contributed by atoms with van der Waals surface area (Å²) in [6.45, 7) is 6.78. The number of amides is 1. The van der Waals surface area contributed by atoms with Gasteiger partial charge in [0.1, 0.15) is 5.75 Å². The molecule has 0 unspecified atom stereocenters. The van der Waals surface area contributed by atoms with E-state index in [9.17, 15) is 4.79 Å². The molecule has 1 amide bonds. The molecule has 2 rings (SSSR count). The van der Waals surface area contributed by atoms with Crippen molar-refractivity contribution in [2.24, 2.45) is 0 Å². The topological polar surface area (TPSA) is 38.3 Å². The number of benzene rings is 2. The van der Waals surface area contributed by atoms with Gasteiger partial charge >= 0.3 is 0 Å². The van der Waals surface area contributed by atoms with Crippen molar-refractivity contribution in [2.75, 3.05) is 11.9 Å². The maximum Gasteiger partial charge on any atom is 0.224 e. The molecule has 1 N–H and O–H groups in total. The molecule has 24 heavy (non-hydrogen) atoms. The molecule has 4 heteroatoms. The van der Waals surface area contributed by atoms with Crippen molar-refractivity contribution in [1.29, 1.82) is 0 Å². The average Bonchev–Trinajstić information content (AvgIpc) is 2.55. The van der Waals surface area contributed by atoms with E-state index >= 15 is 0 Å². The Kier molecular flexibility index (Phi) is 6.68. The highest BCUT2D eigenvalue weighted by molar-refractivity contribution is 6.30. The molecule has 0 saturated heterocycles. The van der Waals surface area contributed by atoms with Crippen LogP contribution in [0, 0.1) is 6.92 Å². The Labute approximate surface area is 149 Å². The van der Waals surface area contributed by atoms with Crippen LogP contribution in [0.15, 0.2) is 42.5 Å². The Hall–Kier alpha value is -2.00. The van der Waals surface area contributed by atoms with E-state index in [4.69, 9.17) is 16.3 Å². The minimum atomic E-state index is 0.0194. The van der Waals surface area contributed by atoms with Crippen LogP contribution in [-0.4, -0.2) is 12.5 Å². The summed E-state index contributed by atoms with van der Waals surface area (Å²) < 4.78 is 5.61. The minimum absolute atomic E-state index is 0.0194. The van der Waals surface area contributed by atoms with Crippen LogP contribution < -0.4 is 10.1 Å². The van der Waals surface area contributed by atoms with Crippen LogP contribution in [0.25, 0.3) is 0 Å². The molecule has 0 aliphatic heterocycles. The Morgan fingerprint density at radius 1 is 1.17 bits per heavy atom. The summed E-state index contributed by atoms with van der Waals surface area (Å²) in [4.78, 5) is 12.2. The second-order valence-corrected chi connectivity index (χ2v) is 6.58. The first-order valence-electron chi connectivity index (χ1n) is 8.25. The Bertz CT molecular complexity index is 681. The van der Waals surface area contributed by atoms with Crippen molar-refractivity contribution in [3.05, 3.63) is 58.6 Å². The first-order chi connectivity index (χ1) is 11.5. The standard InChI is InChI=1S/C20H24ClNO2/c1-14(2)18-7-4-6-15(3)20(18)22-19(23)8-5-13-24-17-11-9-16(21)10-12-17/h4,6-7,9-12,14H,5,8,13H2,1-3H3,(H,22,23). The number of aryl methyl sites for hydroxylation is 1. The third-order valence-electron chi connectivity index (χ3n) is 3.82. The van der Waals surface area contributed by atoms with E-state index < -0.39 is 0 Å². The zero-order chi connectivity index (χ0) is 17.5. The molecule has 0 atom stereocenters. The molecule has 0 bridgehead atoms. The van der Waals surface area contributed by atoms with Gasteiger partial charge in [-0.15, -0.1) is 0 Å². The van der Waals surface area contributed by atoms with E-state index in [1.165, 1.54) is 5.56 Å². The van der Waals surface area contributed by atoms with Crippen molar-refractivity contribution in [3.63, 3.8) is 0 Å². The number of para-hydroxylation sites is 1. The molecule has 0 aromatic heterocycles. The van der Waals surface area contributed by atoms with Crippen LogP contribution in [-0.2, 0) is 4.79 Å². The van der Waals surface area contributed by atoms with Crippen molar-refractivity contribution in [3.8, 4) is 5.75 Å². The van der Waals surface area contributed by atoms with E-state index in [0.717, 1.165) is 17.0 Å². The molecule has 0 aliphatic rings. The van der Waals surface area contributed by atoms with Gasteiger partial charge in [-0.05, 0) is 54.7 Å². The molecule has 0 radical (unpaired) electrons. The summed E-state index contributed by atoms with van der Waals surface area (Å²) in [5.41, 5.74) is 3.20. The van der Waals surface area contributed by atoms with Crippen LogP contribution in [0.3, 0.4) is 0 Å². The summed E-state index contributed by atoms with van der Waals surface area (Å²) >= 11 is 5.83. The van der Waals surface area contributed by atoms with E-state index in [-0.39, 0.29) is 5.91 Å². The number of carbonyl (C=O) groups excluding carboxylic acids is 1. The highest BCUT2D eigenvalue weighted by atomic mass is 35.5. The van der Waals surface area contributed by atoms with Gasteiger partial charge in [0.05, 0.1) is 6.61 Å². The van der Waals surface area contributed by atoms with Crippen LogP contribution in [0.1, 0.15) is 43.7 Å². The summed E-state index contributed by atoms with van der Waals surface area (Å²) in [6.07, 6.45) is 1.09. The third-order valence-corrected chi connectivity index (χ3v) is 4.07. The Morgan fingerprint density at radius 2 is 1.88 bits per heavy atom. The maximum absolute atomic E-state index is 12.2. The van der Waals surface area contributed by atoms with Crippen LogP contribution in [0.4, 0.5) is 5.69 Å². The number of rotatable bonds is 7. The summed E-state index contributed by atoms with van der Waals surface area (Å²) in [5.74, 6) is 1.15. The number of ether oxygens (including phenoxy) is 1. The zero-order valence-electron chi connectivity index (χ0n) is 14.4. The van der Waals surface area contributed by atoms with Crippen LogP contribution in [0.2, 0.25) is 5.02 Å². The fourth-order valence-corrected chi connectivity index (χ4v) is 2.62. The average molecular weight is 346 g/mol. The quantitative estimate of drug-likeness (QED) is 0.666. The summed E-state index contributed by atoms with van der Waals surface area (Å²) in [7, 11) is 0. The molecule has 2 aromatic rings. The molecule has 0 saturated carbocycles. The Morgan fingerprint density at radius 3 is 2.54 bits per heavy atom. The summed E-state index contributed by atoms with van der Waals surface area (Å²) in [5, 5.41) is 3.74. The Balaban J connectivity index is 1.82. The van der Waals surface area contributed by atoms with Crippen LogP contribution in [0.5, 0.6) is 5.75 Å². The third kappa shape index (κ3) is 5.27. The van der Waals surface area contributed by atoms with E-state index in [0.29, 0.717) is 30.4 Å². The molecular formula is C20H24ClNO2. The smallest absolute Gasteiger partial charge is 0.224 e.